The Morgan fingerprint density at radius 3 is 2.48 bits per heavy atom. The highest BCUT2D eigenvalue weighted by molar-refractivity contribution is 5.98. The Kier molecular flexibility index (Phi) is 8.21. The van der Waals surface area contributed by atoms with E-state index in [0.717, 1.165) is 12.0 Å². The lowest BCUT2D eigenvalue weighted by Crippen LogP contribution is -2.39. The first kappa shape index (κ1) is 22.4. The fourth-order valence-corrected chi connectivity index (χ4v) is 2.90. The van der Waals surface area contributed by atoms with Gasteiger partial charge in [0.25, 0.3) is 0 Å². The highest BCUT2D eigenvalue weighted by Crippen LogP contribution is 2.30. The van der Waals surface area contributed by atoms with E-state index >= 15 is 0 Å². The largest absolute Gasteiger partial charge is 0.493 e. The smallest absolute Gasteiger partial charge is 0.241 e. The van der Waals surface area contributed by atoms with Gasteiger partial charge in [0.2, 0.25) is 5.91 Å². The molecule has 2 aromatic rings. The molecule has 2 rings (SSSR count). The number of benzene rings is 2. The minimum atomic E-state index is -0.437. The summed E-state index contributed by atoms with van der Waals surface area (Å²) >= 11 is 0. The number of hydrogen-bond donors (Lipinski definition) is 2. The van der Waals surface area contributed by atoms with E-state index in [0.29, 0.717) is 29.4 Å². The van der Waals surface area contributed by atoms with Crippen molar-refractivity contribution >= 4 is 17.4 Å². The maximum Gasteiger partial charge on any atom is 0.241 e. The molecule has 0 heterocycles. The Labute approximate surface area is 172 Å². The standard InChI is InChI=1S/C23H30N2O4/c1-6-12-29-21-11-10-18(14-22(21)28-5)15(2)24-16(3)23(27)25-20-9-7-8-19(13-20)17(4)26/h7-11,13-16,24H,6,12H2,1-5H3,(H,25,27). The maximum atomic E-state index is 12.6. The molecule has 0 aliphatic carbocycles. The second-order valence-electron chi connectivity index (χ2n) is 7.00. The van der Waals surface area contributed by atoms with Gasteiger partial charge in [-0.25, -0.2) is 0 Å². The van der Waals surface area contributed by atoms with Gasteiger partial charge in [-0.2, -0.15) is 0 Å². The van der Waals surface area contributed by atoms with Crippen LogP contribution in [0.15, 0.2) is 42.5 Å². The Hall–Kier alpha value is -2.86. The molecule has 0 fully saturated rings. The lowest BCUT2D eigenvalue weighted by Gasteiger charge is -2.21. The van der Waals surface area contributed by atoms with Crippen LogP contribution < -0.4 is 20.1 Å². The predicted molar refractivity (Wildman–Crippen MR) is 115 cm³/mol. The summed E-state index contributed by atoms with van der Waals surface area (Å²) < 4.78 is 11.1. The molecule has 2 N–H and O–H groups in total. The Morgan fingerprint density at radius 2 is 1.83 bits per heavy atom. The van der Waals surface area contributed by atoms with Gasteiger partial charge in [-0.3, -0.25) is 14.9 Å². The van der Waals surface area contributed by atoms with E-state index in [1.807, 2.05) is 25.1 Å². The Morgan fingerprint density at radius 1 is 1.07 bits per heavy atom. The molecule has 0 aromatic heterocycles. The minimum Gasteiger partial charge on any atom is -0.493 e. The average molecular weight is 399 g/mol. The molecule has 0 aliphatic heterocycles. The number of ketones is 1. The van der Waals surface area contributed by atoms with E-state index in [4.69, 9.17) is 9.47 Å². The maximum absolute atomic E-state index is 12.6. The normalized spacial score (nSPS) is 12.7. The average Bonchev–Trinajstić information content (AvgIpc) is 2.72. The van der Waals surface area contributed by atoms with Crippen LogP contribution in [0.25, 0.3) is 0 Å². The topological polar surface area (TPSA) is 76.7 Å². The van der Waals surface area contributed by atoms with E-state index in [1.54, 1.807) is 38.3 Å². The summed E-state index contributed by atoms with van der Waals surface area (Å²) in [6, 6.07) is 12.2. The molecule has 6 heteroatoms. The molecular weight excluding hydrogens is 368 g/mol. The molecule has 29 heavy (non-hydrogen) atoms. The lowest BCUT2D eigenvalue weighted by molar-refractivity contribution is -0.117. The molecule has 2 aromatic carbocycles. The molecule has 6 nitrogen and oxygen atoms in total. The molecule has 0 radical (unpaired) electrons. The molecule has 0 saturated heterocycles. The number of methoxy groups -OCH3 is 1. The number of Topliss-reactive ketones (excluding diaryl/α,β-unsaturated/α-hetero) is 1. The van der Waals surface area contributed by atoms with E-state index in [9.17, 15) is 9.59 Å². The van der Waals surface area contributed by atoms with Crippen molar-refractivity contribution in [3.63, 3.8) is 0 Å². The molecule has 0 spiro atoms. The van der Waals surface area contributed by atoms with Crippen molar-refractivity contribution in [3.8, 4) is 11.5 Å². The first-order chi connectivity index (χ1) is 13.8. The second kappa shape index (κ2) is 10.6. The predicted octanol–water partition coefficient (Wildman–Crippen LogP) is 4.36. The summed E-state index contributed by atoms with van der Waals surface area (Å²) in [6.45, 7) is 7.97. The number of nitrogens with one attached hydrogen (secondary N) is 2. The van der Waals surface area contributed by atoms with Crippen molar-refractivity contribution < 1.29 is 19.1 Å². The third-order valence-corrected chi connectivity index (χ3v) is 4.58. The number of amides is 1. The number of hydrogen-bond acceptors (Lipinski definition) is 5. The van der Waals surface area contributed by atoms with Crippen LogP contribution >= 0.6 is 0 Å². The molecule has 0 aliphatic rings. The molecule has 2 atom stereocenters. The van der Waals surface area contributed by atoms with Crippen LogP contribution in [0, 0.1) is 0 Å². The van der Waals surface area contributed by atoms with Crippen molar-refractivity contribution in [2.75, 3.05) is 19.0 Å². The van der Waals surface area contributed by atoms with Crippen LogP contribution in [0.4, 0.5) is 5.69 Å². The van der Waals surface area contributed by atoms with E-state index in [1.165, 1.54) is 6.92 Å². The Bertz CT molecular complexity index is 851. The molecule has 1 amide bonds. The van der Waals surface area contributed by atoms with Gasteiger partial charge in [0, 0.05) is 17.3 Å². The van der Waals surface area contributed by atoms with Crippen LogP contribution in [0.3, 0.4) is 0 Å². The van der Waals surface area contributed by atoms with Crippen LogP contribution in [-0.2, 0) is 4.79 Å². The molecule has 0 bridgehead atoms. The zero-order valence-electron chi connectivity index (χ0n) is 17.7. The summed E-state index contributed by atoms with van der Waals surface area (Å²) in [6.07, 6.45) is 0.921. The first-order valence-corrected chi connectivity index (χ1v) is 9.84. The zero-order valence-corrected chi connectivity index (χ0v) is 17.7. The molecule has 156 valence electrons. The summed E-state index contributed by atoms with van der Waals surface area (Å²) in [5.41, 5.74) is 2.15. The number of anilines is 1. The van der Waals surface area contributed by atoms with Crippen LogP contribution in [0.5, 0.6) is 11.5 Å². The number of carbonyl (C=O) groups is 2. The van der Waals surface area contributed by atoms with Crippen LogP contribution in [-0.4, -0.2) is 31.4 Å². The van der Waals surface area contributed by atoms with Gasteiger partial charge >= 0.3 is 0 Å². The second-order valence-corrected chi connectivity index (χ2v) is 7.00. The van der Waals surface area contributed by atoms with Gasteiger partial charge in [0.1, 0.15) is 0 Å². The van der Waals surface area contributed by atoms with Crippen LogP contribution in [0.2, 0.25) is 0 Å². The quantitative estimate of drug-likeness (QED) is 0.582. The van der Waals surface area contributed by atoms with Gasteiger partial charge in [0.15, 0.2) is 17.3 Å². The summed E-state index contributed by atoms with van der Waals surface area (Å²) in [5.74, 6) is 1.16. The SMILES string of the molecule is CCCOc1ccc(C(C)NC(C)C(=O)Nc2cccc(C(C)=O)c2)cc1OC. The third kappa shape index (κ3) is 6.32. The minimum absolute atomic E-state index is 0.0406. The van der Waals surface area contributed by atoms with Gasteiger partial charge < -0.3 is 14.8 Å². The fraction of sp³-hybridized carbons (Fsp3) is 0.391. The number of ether oxygens (including phenoxy) is 2. The van der Waals surface area contributed by atoms with Crippen molar-refractivity contribution in [3.05, 3.63) is 53.6 Å². The summed E-state index contributed by atoms with van der Waals surface area (Å²) in [7, 11) is 1.61. The van der Waals surface area contributed by atoms with Crippen molar-refractivity contribution in [2.24, 2.45) is 0 Å². The highest BCUT2D eigenvalue weighted by atomic mass is 16.5. The Balaban J connectivity index is 2.02. The molecular formula is C23H30N2O4. The van der Waals surface area contributed by atoms with E-state index in [2.05, 4.69) is 17.6 Å². The number of rotatable bonds is 10. The summed E-state index contributed by atoms with van der Waals surface area (Å²) in [4.78, 5) is 24.1. The van der Waals surface area contributed by atoms with Crippen molar-refractivity contribution in [1.29, 1.82) is 0 Å². The van der Waals surface area contributed by atoms with Crippen molar-refractivity contribution in [1.82, 2.24) is 5.32 Å². The zero-order chi connectivity index (χ0) is 21.4. The monoisotopic (exact) mass is 398 g/mol. The fourth-order valence-electron chi connectivity index (χ4n) is 2.90. The van der Waals surface area contributed by atoms with Crippen LogP contribution in [0.1, 0.15) is 56.1 Å². The van der Waals surface area contributed by atoms with Crippen molar-refractivity contribution in [2.45, 2.75) is 46.2 Å². The lowest BCUT2D eigenvalue weighted by atomic mass is 10.1. The first-order valence-electron chi connectivity index (χ1n) is 9.84. The summed E-state index contributed by atoms with van der Waals surface area (Å²) in [5, 5.41) is 6.14. The number of carbonyl (C=O) groups excluding carboxylic acids is 2. The van der Waals surface area contributed by atoms with Gasteiger partial charge in [-0.1, -0.05) is 25.1 Å². The van der Waals surface area contributed by atoms with Gasteiger partial charge in [-0.05, 0) is 57.0 Å². The van der Waals surface area contributed by atoms with E-state index < -0.39 is 6.04 Å². The molecule has 0 saturated carbocycles. The highest BCUT2D eigenvalue weighted by Gasteiger charge is 2.18. The van der Waals surface area contributed by atoms with Gasteiger partial charge in [0.05, 0.1) is 19.8 Å². The van der Waals surface area contributed by atoms with Gasteiger partial charge in [-0.15, -0.1) is 0 Å². The van der Waals surface area contributed by atoms with E-state index in [-0.39, 0.29) is 17.7 Å². The third-order valence-electron chi connectivity index (χ3n) is 4.58. The molecule has 2 unspecified atom stereocenters.